The number of halogens is 3. The molecule has 0 amide bonds. The van der Waals surface area contributed by atoms with Crippen molar-refractivity contribution in [1.29, 1.82) is 5.26 Å². The molecule has 0 radical (unpaired) electrons. The van der Waals surface area contributed by atoms with Crippen LogP contribution in [-0.4, -0.2) is 0 Å². The maximum Gasteiger partial charge on any atom is 0.123 e. The molecule has 0 heterocycles. The highest BCUT2D eigenvalue weighted by molar-refractivity contribution is 6.35. The number of nitriles is 1. The summed E-state index contributed by atoms with van der Waals surface area (Å²) in [6.07, 6.45) is 0. The fraction of sp³-hybridized carbons (Fsp3) is 0. The Morgan fingerprint density at radius 3 is 2.47 bits per heavy atom. The van der Waals surface area contributed by atoms with Gasteiger partial charge in [0.05, 0.1) is 11.6 Å². The van der Waals surface area contributed by atoms with Gasteiger partial charge in [0.15, 0.2) is 0 Å². The summed E-state index contributed by atoms with van der Waals surface area (Å²) in [5.74, 6) is -0.421. The average molecular weight is 266 g/mol. The predicted octanol–water partition coefficient (Wildman–Crippen LogP) is 4.67. The highest BCUT2D eigenvalue weighted by atomic mass is 35.5. The molecule has 2 rings (SSSR count). The van der Waals surface area contributed by atoms with Crippen molar-refractivity contribution in [3.05, 3.63) is 57.8 Å². The molecular weight excluding hydrogens is 260 g/mol. The van der Waals surface area contributed by atoms with Crippen LogP contribution >= 0.6 is 23.2 Å². The SMILES string of the molecule is N#Cc1ccc(F)cc1-c1cc(Cl)ccc1Cl. The maximum atomic E-state index is 13.2. The first-order valence-electron chi connectivity index (χ1n) is 4.77. The standard InChI is InChI=1S/C13H6Cl2FN/c14-9-2-4-13(15)12(5-9)11-6-10(16)3-1-8(11)7-17/h1-6H. The number of hydrogen-bond acceptors (Lipinski definition) is 1. The van der Waals surface area contributed by atoms with Gasteiger partial charge in [-0.1, -0.05) is 23.2 Å². The van der Waals surface area contributed by atoms with E-state index >= 15 is 0 Å². The molecule has 0 bridgehead atoms. The van der Waals surface area contributed by atoms with Crippen LogP contribution in [0.25, 0.3) is 11.1 Å². The van der Waals surface area contributed by atoms with Crippen LogP contribution < -0.4 is 0 Å². The molecule has 2 aromatic carbocycles. The second kappa shape index (κ2) is 4.75. The van der Waals surface area contributed by atoms with Crippen molar-refractivity contribution in [2.45, 2.75) is 0 Å². The minimum atomic E-state index is -0.421. The largest absolute Gasteiger partial charge is 0.207 e. The fourth-order valence-corrected chi connectivity index (χ4v) is 1.93. The van der Waals surface area contributed by atoms with E-state index in [1.807, 2.05) is 6.07 Å². The number of rotatable bonds is 1. The Balaban J connectivity index is 2.72. The van der Waals surface area contributed by atoms with E-state index in [0.717, 1.165) is 0 Å². The average Bonchev–Trinajstić information content (AvgIpc) is 2.32. The monoisotopic (exact) mass is 265 g/mol. The first-order chi connectivity index (χ1) is 8.11. The molecule has 1 nitrogen and oxygen atoms in total. The van der Waals surface area contributed by atoms with Crippen LogP contribution in [0.2, 0.25) is 10.0 Å². The van der Waals surface area contributed by atoms with Gasteiger partial charge in [0.1, 0.15) is 5.82 Å². The van der Waals surface area contributed by atoms with Crippen molar-refractivity contribution in [3.63, 3.8) is 0 Å². The number of nitrogens with zero attached hydrogens (tertiary/aromatic N) is 1. The molecule has 17 heavy (non-hydrogen) atoms. The highest BCUT2D eigenvalue weighted by Crippen LogP contribution is 2.32. The Morgan fingerprint density at radius 2 is 1.76 bits per heavy atom. The lowest BCUT2D eigenvalue weighted by Crippen LogP contribution is -1.87. The molecule has 0 spiro atoms. The molecular formula is C13H6Cl2FN. The van der Waals surface area contributed by atoms with Gasteiger partial charge in [-0.3, -0.25) is 0 Å². The van der Waals surface area contributed by atoms with Crippen LogP contribution in [0.4, 0.5) is 4.39 Å². The molecule has 0 fully saturated rings. The van der Waals surface area contributed by atoms with Gasteiger partial charge in [-0.25, -0.2) is 4.39 Å². The van der Waals surface area contributed by atoms with E-state index in [2.05, 4.69) is 0 Å². The summed E-state index contributed by atoms with van der Waals surface area (Å²) in [6.45, 7) is 0. The molecule has 0 aliphatic rings. The summed E-state index contributed by atoms with van der Waals surface area (Å²) in [7, 11) is 0. The highest BCUT2D eigenvalue weighted by Gasteiger charge is 2.10. The van der Waals surface area contributed by atoms with E-state index in [9.17, 15) is 4.39 Å². The van der Waals surface area contributed by atoms with Crippen LogP contribution in [0.5, 0.6) is 0 Å². The Morgan fingerprint density at radius 1 is 1.00 bits per heavy atom. The minimum Gasteiger partial charge on any atom is -0.207 e. The van der Waals surface area contributed by atoms with Gasteiger partial charge in [-0.2, -0.15) is 5.26 Å². The molecule has 0 saturated heterocycles. The third-order valence-electron chi connectivity index (χ3n) is 2.32. The zero-order valence-electron chi connectivity index (χ0n) is 8.55. The van der Waals surface area contributed by atoms with Crippen molar-refractivity contribution >= 4 is 23.2 Å². The van der Waals surface area contributed by atoms with Crippen LogP contribution in [0.3, 0.4) is 0 Å². The second-order valence-corrected chi connectivity index (χ2v) is 4.27. The lowest BCUT2D eigenvalue weighted by Gasteiger charge is -2.07. The molecule has 0 aliphatic heterocycles. The number of benzene rings is 2. The zero-order valence-corrected chi connectivity index (χ0v) is 10.1. The zero-order chi connectivity index (χ0) is 12.4. The lowest BCUT2D eigenvalue weighted by molar-refractivity contribution is 0.628. The quantitative estimate of drug-likeness (QED) is 0.735. The van der Waals surface area contributed by atoms with Crippen molar-refractivity contribution in [1.82, 2.24) is 0 Å². The van der Waals surface area contributed by atoms with Gasteiger partial charge in [-0.15, -0.1) is 0 Å². The van der Waals surface area contributed by atoms with Crippen LogP contribution in [0.15, 0.2) is 36.4 Å². The van der Waals surface area contributed by atoms with Gasteiger partial charge in [0.25, 0.3) is 0 Å². The molecule has 0 aromatic heterocycles. The molecule has 0 unspecified atom stereocenters. The summed E-state index contributed by atoms with van der Waals surface area (Å²) >= 11 is 11.9. The summed E-state index contributed by atoms with van der Waals surface area (Å²) in [5.41, 5.74) is 1.35. The number of hydrogen-bond donors (Lipinski definition) is 0. The van der Waals surface area contributed by atoms with E-state index in [-0.39, 0.29) is 0 Å². The summed E-state index contributed by atoms with van der Waals surface area (Å²) in [6, 6.07) is 10.8. The Kier molecular flexibility index (Phi) is 3.33. The summed E-state index contributed by atoms with van der Waals surface area (Å²) < 4.78 is 13.2. The smallest absolute Gasteiger partial charge is 0.123 e. The van der Waals surface area contributed by atoms with E-state index in [0.29, 0.717) is 26.7 Å². The van der Waals surface area contributed by atoms with Gasteiger partial charge in [0, 0.05) is 21.2 Å². The first kappa shape index (κ1) is 11.9. The Labute approximate surface area is 108 Å². The van der Waals surface area contributed by atoms with Gasteiger partial charge >= 0.3 is 0 Å². The molecule has 0 saturated carbocycles. The maximum absolute atomic E-state index is 13.2. The molecule has 2 aromatic rings. The van der Waals surface area contributed by atoms with Crippen LogP contribution in [0, 0.1) is 17.1 Å². The first-order valence-corrected chi connectivity index (χ1v) is 5.52. The molecule has 4 heteroatoms. The topological polar surface area (TPSA) is 23.8 Å². The summed E-state index contributed by atoms with van der Waals surface area (Å²) in [5, 5.41) is 9.89. The predicted molar refractivity (Wildman–Crippen MR) is 66.6 cm³/mol. The van der Waals surface area contributed by atoms with E-state index in [4.69, 9.17) is 28.5 Å². The third-order valence-corrected chi connectivity index (χ3v) is 2.89. The minimum absolute atomic E-state index is 0.357. The Hall–Kier alpha value is -1.56. The van der Waals surface area contributed by atoms with E-state index in [1.165, 1.54) is 18.2 Å². The van der Waals surface area contributed by atoms with Crippen LogP contribution in [-0.2, 0) is 0 Å². The van der Waals surface area contributed by atoms with Crippen molar-refractivity contribution in [3.8, 4) is 17.2 Å². The van der Waals surface area contributed by atoms with Crippen LogP contribution in [0.1, 0.15) is 5.56 Å². The third kappa shape index (κ3) is 2.41. The van der Waals surface area contributed by atoms with Crippen molar-refractivity contribution in [2.75, 3.05) is 0 Å². The molecule has 0 atom stereocenters. The fourth-order valence-electron chi connectivity index (χ4n) is 1.54. The summed E-state index contributed by atoms with van der Waals surface area (Å²) in [4.78, 5) is 0. The van der Waals surface area contributed by atoms with Crippen molar-refractivity contribution < 1.29 is 4.39 Å². The van der Waals surface area contributed by atoms with Gasteiger partial charge in [0.2, 0.25) is 0 Å². The molecule has 0 N–H and O–H groups in total. The van der Waals surface area contributed by atoms with Gasteiger partial charge in [-0.05, 0) is 36.4 Å². The lowest BCUT2D eigenvalue weighted by atomic mass is 10.0. The normalized spacial score (nSPS) is 10.0. The molecule has 0 aliphatic carbocycles. The van der Waals surface area contributed by atoms with E-state index in [1.54, 1.807) is 18.2 Å². The van der Waals surface area contributed by atoms with Gasteiger partial charge < -0.3 is 0 Å². The van der Waals surface area contributed by atoms with Crippen molar-refractivity contribution in [2.24, 2.45) is 0 Å². The Bertz CT molecular complexity index is 617. The molecule has 84 valence electrons. The van der Waals surface area contributed by atoms with E-state index < -0.39 is 5.82 Å². The second-order valence-electron chi connectivity index (χ2n) is 3.43.